The van der Waals surface area contributed by atoms with Crippen LogP contribution in [0.2, 0.25) is 5.02 Å². The van der Waals surface area contributed by atoms with Crippen molar-refractivity contribution in [1.29, 1.82) is 5.26 Å². The molecule has 0 fully saturated rings. The van der Waals surface area contributed by atoms with Crippen molar-refractivity contribution in [2.75, 3.05) is 7.11 Å². The lowest BCUT2D eigenvalue weighted by molar-refractivity contribution is 0.373. The summed E-state index contributed by atoms with van der Waals surface area (Å²) in [5, 5.41) is 20.5. The number of hydrogen-bond donors (Lipinski definition) is 1. The van der Waals surface area contributed by atoms with E-state index in [0.717, 1.165) is 33.4 Å². The summed E-state index contributed by atoms with van der Waals surface area (Å²) >= 11 is 6.30. The van der Waals surface area contributed by atoms with Gasteiger partial charge in [0.1, 0.15) is 11.6 Å². The number of nitriles is 1. The van der Waals surface area contributed by atoms with Crippen molar-refractivity contribution in [3.63, 3.8) is 0 Å². The standard InChI is InChI=1S/C27H18ClN3O2/c1-33-26-13-17(10-12-25(26)32)9-11-18-15-24(19-5-4-6-20(28)14-19)31-23-8-3-2-7-22(23)30-27(31)21(18)16-29/h2-15,32H,1H3. The third kappa shape index (κ3) is 3.67. The van der Waals surface area contributed by atoms with E-state index in [1.54, 1.807) is 18.2 Å². The number of nitrogens with zero attached hydrogens (tertiary/aromatic N) is 3. The number of ether oxygens (including phenoxy) is 1. The van der Waals surface area contributed by atoms with Gasteiger partial charge in [-0.3, -0.25) is 4.40 Å². The Morgan fingerprint density at radius 2 is 1.88 bits per heavy atom. The maximum absolute atomic E-state index is 10.1. The van der Waals surface area contributed by atoms with E-state index in [9.17, 15) is 10.4 Å². The zero-order chi connectivity index (χ0) is 22.9. The number of para-hydroxylation sites is 2. The van der Waals surface area contributed by atoms with Gasteiger partial charge < -0.3 is 9.84 Å². The molecular weight excluding hydrogens is 434 g/mol. The monoisotopic (exact) mass is 451 g/mol. The number of methoxy groups -OCH3 is 1. The Morgan fingerprint density at radius 1 is 1.03 bits per heavy atom. The van der Waals surface area contributed by atoms with Crippen molar-refractivity contribution < 1.29 is 9.84 Å². The maximum Gasteiger partial charge on any atom is 0.161 e. The summed E-state index contributed by atoms with van der Waals surface area (Å²) in [5.74, 6) is 0.452. The second-order valence-corrected chi connectivity index (χ2v) is 7.94. The molecule has 0 saturated carbocycles. The van der Waals surface area contributed by atoms with Gasteiger partial charge in [-0.2, -0.15) is 5.26 Å². The van der Waals surface area contributed by atoms with Crippen molar-refractivity contribution in [3.05, 3.63) is 94.5 Å². The molecule has 0 saturated heterocycles. The molecule has 0 aliphatic heterocycles. The van der Waals surface area contributed by atoms with Gasteiger partial charge in [0.05, 0.1) is 23.8 Å². The Hall–Kier alpha value is -4.27. The number of imidazole rings is 1. The average Bonchev–Trinajstić information content (AvgIpc) is 3.22. The predicted octanol–water partition coefficient (Wildman–Crippen LogP) is 6.56. The van der Waals surface area contributed by atoms with E-state index in [2.05, 4.69) is 6.07 Å². The van der Waals surface area contributed by atoms with Gasteiger partial charge in [0.25, 0.3) is 0 Å². The summed E-state index contributed by atoms with van der Waals surface area (Å²) < 4.78 is 7.20. The van der Waals surface area contributed by atoms with Crippen molar-refractivity contribution in [2.24, 2.45) is 0 Å². The van der Waals surface area contributed by atoms with Crippen LogP contribution in [0.4, 0.5) is 0 Å². The Kier molecular flexibility index (Phi) is 5.21. The number of phenols is 1. The Morgan fingerprint density at radius 3 is 2.67 bits per heavy atom. The van der Waals surface area contributed by atoms with Crippen LogP contribution in [-0.4, -0.2) is 21.6 Å². The number of aromatic nitrogens is 2. The van der Waals surface area contributed by atoms with Gasteiger partial charge in [-0.25, -0.2) is 4.98 Å². The smallest absolute Gasteiger partial charge is 0.161 e. The molecule has 3 aromatic carbocycles. The van der Waals surface area contributed by atoms with Crippen molar-refractivity contribution in [3.8, 4) is 28.8 Å². The van der Waals surface area contributed by atoms with Crippen LogP contribution in [0.15, 0.2) is 72.8 Å². The Bertz CT molecular complexity index is 1600. The molecule has 160 valence electrons. The molecule has 0 unspecified atom stereocenters. The summed E-state index contributed by atoms with van der Waals surface area (Å²) in [6.07, 6.45) is 3.75. The average molecular weight is 452 g/mol. The molecule has 0 aliphatic rings. The molecule has 2 aromatic heterocycles. The number of phenolic OH excluding ortho intramolecular Hbond substituents is 1. The van der Waals surface area contributed by atoms with Crippen LogP contribution in [0.1, 0.15) is 16.7 Å². The SMILES string of the molecule is COc1cc(C=Cc2cc(-c3cccc(Cl)c3)n3c(nc4ccccc43)c2C#N)ccc1O. The first-order valence-electron chi connectivity index (χ1n) is 10.2. The fraction of sp³-hybridized carbons (Fsp3) is 0.0370. The number of fused-ring (bicyclic) bond motifs is 3. The fourth-order valence-corrected chi connectivity index (χ4v) is 4.13. The number of aromatic hydroxyl groups is 1. The van der Waals surface area contributed by atoms with E-state index in [1.165, 1.54) is 7.11 Å². The van der Waals surface area contributed by atoms with Gasteiger partial charge in [0, 0.05) is 10.6 Å². The normalized spacial score (nSPS) is 11.3. The molecule has 0 atom stereocenters. The molecule has 5 nitrogen and oxygen atoms in total. The zero-order valence-electron chi connectivity index (χ0n) is 17.7. The van der Waals surface area contributed by atoms with Crippen LogP contribution in [0.5, 0.6) is 11.5 Å². The molecule has 33 heavy (non-hydrogen) atoms. The summed E-state index contributed by atoms with van der Waals surface area (Å²) in [4.78, 5) is 4.77. The lowest BCUT2D eigenvalue weighted by Crippen LogP contribution is -1.98. The van der Waals surface area contributed by atoms with E-state index in [-0.39, 0.29) is 5.75 Å². The van der Waals surface area contributed by atoms with E-state index in [1.807, 2.05) is 71.2 Å². The first-order valence-corrected chi connectivity index (χ1v) is 10.6. The fourth-order valence-electron chi connectivity index (χ4n) is 3.94. The lowest BCUT2D eigenvalue weighted by Gasteiger charge is -2.11. The lowest BCUT2D eigenvalue weighted by atomic mass is 10.0. The third-order valence-electron chi connectivity index (χ3n) is 5.50. The zero-order valence-corrected chi connectivity index (χ0v) is 18.4. The molecule has 5 rings (SSSR count). The largest absolute Gasteiger partial charge is 0.504 e. The van der Waals surface area contributed by atoms with Crippen molar-refractivity contribution in [2.45, 2.75) is 0 Å². The highest BCUT2D eigenvalue weighted by Crippen LogP contribution is 2.32. The first-order chi connectivity index (χ1) is 16.1. The van der Waals surface area contributed by atoms with Crippen LogP contribution >= 0.6 is 11.6 Å². The number of pyridine rings is 1. The molecule has 0 radical (unpaired) electrons. The summed E-state index contributed by atoms with van der Waals surface area (Å²) in [5.41, 5.74) is 6.12. The van der Waals surface area contributed by atoms with Crippen LogP contribution in [0.3, 0.4) is 0 Å². The minimum absolute atomic E-state index is 0.0705. The van der Waals surface area contributed by atoms with Crippen molar-refractivity contribution >= 4 is 40.4 Å². The Labute approximate surface area is 195 Å². The molecule has 0 aliphatic carbocycles. The Balaban J connectivity index is 1.78. The predicted molar refractivity (Wildman–Crippen MR) is 131 cm³/mol. The molecular formula is C27H18ClN3O2. The second-order valence-electron chi connectivity index (χ2n) is 7.51. The van der Waals surface area contributed by atoms with E-state index >= 15 is 0 Å². The van der Waals surface area contributed by atoms with Crippen molar-refractivity contribution in [1.82, 2.24) is 9.38 Å². The third-order valence-corrected chi connectivity index (χ3v) is 5.73. The summed E-state index contributed by atoms with van der Waals surface area (Å²) in [6.45, 7) is 0. The molecule has 0 spiro atoms. The second kappa shape index (κ2) is 8.34. The van der Waals surface area contributed by atoms with Crippen LogP contribution in [-0.2, 0) is 0 Å². The minimum Gasteiger partial charge on any atom is -0.504 e. The summed E-state index contributed by atoms with van der Waals surface area (Å²) in [7, 11) is 1.50. The minimum atomic E-state index is 0.0705. The van der Waals surface area contributed by atoms with Gasteiger partial charge in [-0.1, -0.05) is 54.1 Å². The number of benzene rings is 3. The molecule has 6 heteroatoms. The van der Waals surface area contributed by atoms with Gasteiger partial charge in [0.15, 0.2) is 17.1 Å². The maximum atomic E-state index is 10.1. The quantitative estimate of drug-likeness (QED) is 0.335. The molecule has 5 aromatic rings. The summed E-state index contributed by atoms with van der Waals surface area (Å²) in [6, 6.07) is 24.8. The topological polar surface area (TPSA) is 70.5 Å². The van der Waals surface area contributed by atoms with E-state index < -0.39 is 0 Å². The molecule has 2 heterocycles. The van der Waals surface area contributed by atoms with Gasteiger partial charge in [-0.05, 0) is 53.6 Å². The molecule has 0 amide bonds. The van der Waals surface area contributed by atoms with Crippen LogP contribution in [0.25, 0.3) is 40.1 Å². The first kappa shape index (κ1) is 20.6. The molecule has 1 N–H and O–H groups in total. The van der Waals surface area contributed by atoms with Crippen LogP contribution < -0.4 is 4.74 Å². The van der Waals surface area contributed by atoms with Gasteiger partial charge in [0.2, 0.25) is 0 Å². The number of rotatable bonds is 4. The highest BCUT2D eigenvalue weighted by Gasteiger charge is 2.17. The van der Waals surface area contributed by atoms with Gasteiger partial charge in [-0.15, -0.1) is 0 Å². The van der Waals surface area contributed by atoms with Gasteiger partial charge >= 0.3 is 0 Å². The number of hydrogen-bond acceptors (Lipinski definition) is 4. The van der Waals surface area contributed by atoms with Crippen LogP contribution in [0, 0.1) is 11.3 Å². The van der Waals surface area contributed by atoms with E-state index in [0.29, 0.717) is 22.0 Å². The highest BCUT2D eigenvalue weighted by atomic mass is 35.5. The van der Waals surface area contributed by atoms with E-state index in [4.69, 9.17) is 21.3 Å². The molecule has 0 bridgehead atoms. The highest BCUT2D eigenvalue weighted by molar-refractivity contribution is 6.30. The number of halogens is 1.